The number of likely N-dealkylation sites (tertiary alicyclic amines) is 1. The van der Waals surface area contributed by atoms with E-state index in [4.69, 9.17) is 30.8 Å². The van der Waals surface area contributed by atoms with Crippen LogP contribution in [0.1, 0.15) is 75.2 Å². The molecular weight excluding hydrogens is 782 g/mol. The molecule has 4 aliphatic rings. The number of carbonyl (C=O) groups excluding carboxylic acids is 3. The number of halogens is 1. The highest BCUT2D eigenvalue weighted by Crippen LogP contribution is 2.33. The fourth-order valence-electron chi connectivity index (χ4n) is 9.09. The number of imidazole rings is 1. The van der Waals surface area contributed by atoms with Crippen molar-refractivity contribution < 1.29 is 28.6 Å². The summed E-state index contributed by atoms with van der Waals surface area (Å²) >= 11 is 6.60. The Morgan fingerprint density at radius 3 is 2.40 bits per heavy atom. The molecule has 3 amide bonds. The van der Waals surface area contributed by atoms with Crippen LogP contribution < -0.4 is 16.0 Å². The minimum absolute atomic E-state index is 0.00314. The van der Waals surface area contributed by atoms with Crippen molar-refractivity contribution in [3.63, 3.8) is 0 Å². The number of unbranched alkanes of at least 4 members (excludes halogenated alkanes) is 1. The molecule has 3 aromatic carbocycles. The number of amides is 3. The molecule has 14 heteroatoms. The molecule has 4 N–H and O–H groups in total. The molecule has 1 aromatic heterocycles. The highest BCUT2D eigenvalue weighted by atomic mass is 35.5. The van der Waals surface area contributed by atoms with Crippen molar-refractivity contribution >= 4 is 46.1 Å². The van der Waals surface area contributed by atoms with Crippen LogP contribution in [0.15, 0.2) is 65.7 Å². The van der Waals surface area contributed by atoms with Gasteiger partial charge >= 0.3 is 6.09 Å². The fourth-order valence-corrected chi connectivity index (χ4v) is 9.35. The number of benzene rings is 3. The van der Waals surface area contributed by atoms with E-state index in [0.29, 0.717) is 63.2 Å². The van der Waals surface area contributed by atoms with E-state index in [-0.39, 0.29) is 29.8 Å². The summed E-state index contributed by atoms with van der Waals surface area (Å²) in [6.45, 7) is 4.54. The van der Waals surface area contributed by atoms with Crippen LogP contribution >= 0.6 is 11.6 Å². The van der Waals surface area contributed by atoms with E-state index in [1.54, 1.807) is 0 Å². The number of aromatic amines is 1. The first kappa shape index (κ1) is 41.7. The zero-order chi connectivity index (χ0) is 41.4. The second-order valence-electron chi connectivity index (χ2n) is 16.5. The number of H-pyrrole nitrogens is 1. The number of methoxy groups -OCH3 is 1. The largest absolute Gasteiger partial charge is 0.453 e. The maximum atomic E-state index is 14.0. The number of aliphatic imine (C=N–C) groups is 1. The normalized spacial score (nSPS) is 20.4. The minimum atomic E-state index is -0.659. The van der Waals surface area contributed by atoms with E-state index in [0.717, 1.165) is 109 Å². The van der Waals surface area contributed by atoms with E-state index in [9.17, 15) is 14.4 Å². The summed E-state index contributed by atoms with van der Waals surface area (Å²) in [7, 11) is 1.32. The molecule has 0 radical (unpaired) electrons. The standard InChI is InChI=1S/C46H56ClN7O6/c1-58-46(57)53-42(32-17-23-60-24-18-32)45(56)54-20-4-5-38(54)44-49-28-37(50-44)36-14-13-34-26-33(11-12-35(34)27-36)30-7-9-31(10-8-30)41-43(47)52-39(51-41)6-2-3-19-48-40(55)25-29-15-21-59-22-16-29/h7-14,26-27,29,32,37-38,42H,2-6,15-25,28H2,1H3,(H,48,55)(H,49,50)(H,51,52)(H,53,57)/t37?,38-,42-/m0/s1. The fraction of sp³-hybridized carbons (Fsp3) is 0.500. The van der Waals surface area contributed by atoms with Crippen LogP contribution in [0.5, 0.6) is 0 Å². The van der Waals surface area contributed by atoms with Crippen molar-refractivity contribution in [2.75, 3.05) is 53.2 Å². The van der Waals surface area contributed by atoms with Gasteiger partial charge in [-0.15, -0.1) is 0 Å². The Hall–Kier alpha value is -4.98. The lowest BCUT2D eigenvalue weighted by Crippen LogP contribution is -2.56. The molecule has 1 unspecified atom stereocenters. The van der Waals surface area contributed by atoms with Gasteiger partial charge in [0, 0.05) is 57.9 Å². The second kappa shape index (κ2) is 19.6. The van der Waals surface area contributed by atoms with Gasteiger partial charge in [-0.05, 0) is 103 Å². The number of aromatic nitrogens is 2. The van der Waals surface area contributed by atoms with Gasteiger partial charge in [0.05, 0.1) is 31.4 Å². The Balaban J connectivity index is 0.845. The summed E-state index contributed by atoms with van der Waals surface area (Å²) in [4.78, 5) is 53.4. The van der Waals surface area contributed by atoms with Crippen LogP contribution in [0, 0.1) is 11.8 Å². The molecule has 3 atom stereocenters. The molecule has 318 valence electrons. The quantitative estimate of drug-likeness (QED) is 0.0990. The third kappa shape index (κ3) is 9.96. The number of fused-ring (bicyclic) bond motifs is 1. The average molecular weight is 838 g/mol. The zero-order valence-corrected chi connectivity index (χ0v) is 35.1. The van der Waals surface area contributed by atoms with Gasteiger partial charge < -0.3 is 40.0 Å². The summed E-state index contributed by atoms with van der Waals surface area (Å²) in [6, 6.07) is 20.6. The number of amidine groups is 1. The number of hydrogen-bond donors (Lipinski definition) is 4. The van der Waals surface area contributed by atoms with Crippen LogP contribution in [0.2, 0.25) is 5.15 Å². The number of ether oxygens (including phenoxy) is 3. The minimum Gasteiger partial charge on any atom is -0.453 e. The monoisotopic (exact) mass is 837 g/mol. The number of nitrogens with one attached hydrogen (secondary N) is 4. The lowest BCUT2D eigenvalue weighted by molar-refractivity contribution is -0.135. The lowest BCUT2D eigenvalue weighted by Gasteiger charge is -2.34. The molecule has 0 spiro atoms. The van der Waals surface area contributed by atoms with E-state index in [1.165, 1.54) is 7.11 Å². The Morgan fingerprint density at radius 1 is 0.900 bits per heavy atom. The van der Waals surface area contributed by atoms with Gasteiger partial charge in [0.15, 0.2) is 5.15 Å². The van der Waals surface area contributed by atoms with Crippen LogP contribution in [-0.2, 0) is 30.2 Å². The molecule has 0 saturated carbocycles. The lowest BCUT2D eigenvalue weighted by atomic mass is 9.90. The topological polar surface area (TPSA) is 159 Å². The predicted molar refractivity (Wildman–Crippen MR) is 232 cm³/mol. The summed E-state index contributed by atoms with van der Waals surface area (Å²) in [5.74, 6) is 2.15. The van der Waals surface area contributed by atoms with Crippen molar-refractivity contribution in [3.05, 3.63) is 77.2 Å². The third-order valence-corrected chi connectivity index (χ3v) is 12.8. The maximum absolute atomic E-state index is 14.0. The van der Waals surface area contributed by atoms with Crippen LogP contribution in [0.4, 0.5) is 4.79 Å². The SMILES string of the molecule is COC(=O)N[C@H](C(=O)N1CCC[C@H]1C1=NCC(c2ccc3cc(-c4ccc(-c5[nH]c(CCCCNC(=O)CC6CCOCC6)nc5Cl)cc4)ccc3c2)N1)C1CCOCC1. The molecule has 0 bridgehead atoms. The van der Waals surface area contributed by atoms with Crippen LogP contribution in [0.25, 0.3) is 33.2 Å². The molecule has 0 aliphatic carbocycles. The summed E-state index contributed by atoms with van der Waals surface area (Å²) in [5, 5.41) is 12.3. The first-order valence-electron chi connectivity index (χ1n) is 21.6. The number of carbonyl (C=O) groups is 3. The van der Waals surface area contributed by atoms with E-state index < -0.39 is 12.1 Å². The van der Waals surface area contributed by atoms with Crippen LogP contribution in [-0.4, -0.2) is 104 Å². The van der Waals surface area contributed by atoms with Crippen molar-refractivity contribution in [1.29, 1.82) is 0 Å². The van der Waals surface area contributed by atoms with Gasteiger partial charge in [-0.3, -0.25) is 14.6 Å². The molecule has 3 fully saturated rings. The smallest absolute Gasteiger partial charge is 0.407 e. The predicted octanol–water partition coefficient (Wildman–Crippen LogP) is 6.99. The number of hydrogen-bond acceptors (Lipinski definition) is 9. The number of rotatable bonds is 14. The first-order chi connectivity index (χ1) is 29.3. The molecule has 8 rings (SSSR count). The van der Waals surface area contributed by atoms with Crippen molar-refractivity contribution in [2.45, 2.75) is 82.3 Å². The molecule has 3 saturated heterocycles. The van der Waals surface area contributed by atoms with E-state index in [1.807, 2.05) is 4.90 Å². The Bertz CT molecular complexity index is 2160. The maximum Gasteiger partial charge on any atom is 0.407 e. The highest BCUT2D eigenvalue weighted by Gasteiger charge is 2.41. The van der Waals surface area contributed by atoms with E-state index >= 15 is 0 Å². The van der Waals surface area contributed by atoms with Crippen molar-refractivity contribution in [2.24, 2.45) is 16.8 Å². The van der Waals surface area contributed by atoms with Gasteiger partial charge in [-0.25, -0.2) is 9.78 Å². The molecular formula is C46H56ClN7O6. The van der Waals surface area contributed by atoms with Crippen molar-refractivity contribution in [3.8, 4) is 22.4 Å². The third-order valence-electron chi connectivity index (χ3n) is 12.5. The Kier molecular flexibility index (Phi) is 13.6. The number of alkyl carbamates (subject to hydrolysis) is 1. The number of nitrogens with zero attached hydrogens (tertiary/aromatic N) is 3. The Labute approximate surface area is 356 Å². The molecule has 5 heterocycles. The summed E-state index contributed by atoms with van der Waals surface area (Å²) in [6.07, 6.45) is 7.57. The van der Waals surface area contributed by atoms with Crippen molar-refractivity contribution in [1.82, 2.24) is 30.8 Å². The summed E-state index contributed by atoms with van der Waals surface area (Å²) in [5.41, 5.74) is 5.15. The van der Waals surface area contributed by atoms with Gasteiger partial charge in [-0.2, -0.15) is 0 Å². The molecule has 4 aliphatic heterocycles. The highest BCUT2D eigenvalue weighted by molar-refractivity contribution is 6.31. The zero-order valence-electron chi connectivity index (χ0n) is 34.4. The first-order valence-corrected chi connectivity index (χ1v) is 22.0. The Morgan fingerprint density at radius 2 is 1.62 bits per heavy atom. The van der Waals surface area contributed by atoms with Gasteiger partial charge in [0.25, 0.3) is 0 Å². The van der Waals surface area contributed by atoms with Crippen LogP contribution in [0.3, 0.4) is 0 Å². The average Bonchev–Trinajstić information content (AvgIpc) is 4.06. The van der Waals surface area contributed by atoms with Gasteiger partial charge in [0.1, 0.15) is 17.7 Å². The van der Waals surface area contributed by atoms with E-state index in [2.05, 4.69) is 86.6 Å². The number of aryl methyl sites for hydroxylation is 1. The molecule has 13 nitrogen and oxygen atoms in total. The summed E-state index contributed by atoms with van der Waals surface area (Å²) < 4.78 is 15.8. The second-order valence-corrected chi connectivity index (χ2v) is 16.8. The molecule has 4 aromatic rings. The van der Waals surface area contributed by atoms with Gasteiger partial charge in [-0.1, -0.05) is 60.1 Å². The van der Waals surface area contributed by atoms with Gasteiger partial charge in [0.2, 0.25) is 11.8 Å². The molecule has 60 heavy (non-hydrogen) atoms.